The number of Topliss-reactive ketones (excluding diaryl/α,β-unsaturated/α-hetero) is 1. The molecule has 3 rings (SSSR count). The van der Waals surface area contributed by atoms with Gasteiger partial charge in [-0.05, 0) is 49.5 Å². The molecule has 5 heteroatoms. The summed E-state index contributed by atoms with van der Waals surface area (Å²) in [5.41, 5.74) is 1.43. The summed E-state index contributed by atoms with van der Waals surface area (Å²) in [6.45, 7) is 1.25. The van der Waals surface area contributed by atoms with Gasteiger partial charge in [0.25, 0.3) is 0 Å². The van der Waals surface area contributed by atoms with E-state index < -0.39 is 12.1 Å². The number of aliphatic hydroxyl groups excluding tert-OH is 1. The van der Waals surface area contributed by atoms with Gasteiger partial charge in [-0.2, -0.15) is 0 Å². The number of unbranched alkanes of at least 4 members (excludes halogenated alkanes) is 1. The SMILES string of the molecule is O=C(O)CCC/C=C\CC1C(=O)CCN1CC(O)CC1(c2ccccc2)CC1. The number of carbonyl (C=O) groups excluding carboxylic acids is 1. The van der Waals surface area contributed by atoms with Crippen LogP contribution < -0.4 is 0 Å². The first-order valence-corrected chi connectivity index (χ1v) is 10.4. The molecule has 2 aliphatic rings. The first-order chi connectivity index (χ1) is 13.5. The zero-order valence-electron chi connectivity index (χ0n) is 16.4. The summed E-state index contributed by atoms with van der Waals surface area (Å²) >= 11 is 0. The largest absolute Gasteiger partial charge is 0.481 e. The first-order valence-electron chi connectivity index (χ1n) is 10.4. The molecule has 1 saturated carbocycles. The number of hydrogen-bond acceptors (Lipinski definition) is 4. The highest BCUT2D eigenvalue weighted by Crippen LogP contribution is 2.51. The second-order valence-corrected chi connectivity index (χ2v) is 8.22. The highest BCUT2D eigenvalue weighted by atomic mass is 16.4. The van der Waals surface area contributed by atoms with Gasteiger partial charge >= 0.3 is 5.97 Å². The Labute approximate surface area is 167 Å². The Balaban J connectivity index is 1.48. The summed E-state index contributed by atoms with van der Waals surface area (Å²) in [5.74, 6) is -0.532. The minimum Gasteiger partial charge on any atom is -0.481 e. The third kappa shape index (κ3) is 5.52. The lowest BCUT2D eigenvalue weighted by molar-refractivity contribution is -0.137. The van der Waals surface area contributed by atoms with Crippen LogP contribution in [0.2, 0.25) is 0 Å². The summed E-state index contributed by atoms with van der Waals surface area (Å²) in [6.07, 6.45) is 9.22. The molecule has 2 fully saturated rings. The van der Waals surface area contributed by atoms with Crippen molar-refractivity contribution in [3.63, 3.8) is 0 Å². The molecule has 1 aromatic rings. The maximum Gasteiger partial charge on any atom is 0.303 e. The van der Waals surface area contributed by atoms with E-state index in [2.05, 4.69) is 29.2 Å². The Bertz CT molecular complexity index is 696. The number of carboxylic acid groups (broad SMARTS) is 1. The molecule has 0 amide bonds. The molecule has 2 atom stereocenters. The summed E-state index contributed by atoms with van der Waals surface area (Å²) in [6, 6.07) is 10.3. The Hall–Kier alpha value is -1.98. The summed E-state index contributed by atoms with van der Waals surface area (Å²) in [5, 5.41) is 19.4. The molecule has 28 heavy (non-hydrogen) atoms. The van der Waals surface area contributed by atoms with Crippen molar-refractivity contribution < 1.29 is 19.8 Å². The molecule has 0 bridgehead atoms. The molecule has 2 unspecified atom stereocenters. The molecule has 1 aliphatic heterocycles. The van der Waals surface area contributed by atoms with Crippen LogP contribution >= 0.6 is 0 Å². The topological polar surface area (TPSA) is 77.8 Å². The summed E-state index contributed by atoms with van der Waals surface area (Å²) in [4.78, 5) is 24.9. The zero-order chi connectivity index (χ0) is 20.0. The maximum atomic E-state index is 12.3. The second-order valence-electron chi connectivity index (χ2n) is 8.22. The number of rotatable bonds is 11. The molecule has 2 N–H and O–H groups in total. The van der Waals surface area contributed by atoms with Crippen LogP contribution in [0.5, 0.6) is 0 Å². The van der Waals surface area contributed by atoms with Crippen molar-refractivity contribution in [3.05, 3.63) is 48.0 Å². The summed E-state index contributed by atoms with van der Waals surface area (Å²) < 4.78 is 0. The zero-order valence-corrected chi connectivity index (χ0v) is 16.4. The average molecular weight is 386 g/mol. The lowest BCUT2D eigenvalue weighted by atomic mass is 9.89. The van der Waals surface area contributed by atoms with Crippen LogP contribution in [0.25, 0.3) is 0 Å². The minimum absolute atomic E-state index is 0.115. The number of β-amino-alcohol motifs (C(OH)–C–C–N with tert-alkyl or cyclic N) is 1. The molecule has 1 aromatic carbocycles. The van der Waals surface area contributed by atoms with E-state index in [-0.39, 0.29) is 23.7 Å². The molecule has 0 spiro atoms. The molecule has 0 radical (unpaired) electrons. The van der Waals surface area contributed by atoms with Gasteiger partial charge in [0.05, 0.1) is 12.1 Å². The normalized spacial score (nSPS) is 22.6. The van der Waals surface area contributed by atoms with Crippen molar-refractivity contribution >= 4 is 11.8 Å². The van der Waals surface area contributed by atoms with E-state index in [1.807, 2.05) is 18.2 Å². The molecule has 1 heterocycles. The van der Waals surface area contributed by atoms with Crippen LogP contribution in [0.15, 0.2) is 42.5 Å². The van der Waals surface area contributed by atoms with E-state index in [1.165, 1.54) is 5.56 Å². The monoisotopic (exact) mass is 385 g/mol. The first kappa shape index (κ1) is 20.7. The van der Waals surface area contributed by atoms with Gasteiger partial charge in [0.1, 0.15) is 0 Å². The number of aliphatic carboxylic acids is 1. The number of allylic oxidation sites excluding steroid dienone is 1. The number of carbonyl (C=O) groups is 2. The van der Waals surface area contributed by atoms with E-state index >= 15 is 0 Å². The van der Waals surface area contributed by atoms with E-state index in [0.717, 1.165) is 25.7 Å². The number of carboxylic acids is 1. The van der Waals surface area contributed by atoms with Gasteiger partial charge in [0, 0.05) is 25.9 Å². The fraction of sp³-hybridized carbons (Fsp3) is 0.565. The standard InChI is InChI=1S/C23H31NO4/c25-19(16-23(13-14-23)18-8-4-3-5-9-18)17-24-15-12-21(26)20(24)10-6-1-2-7-11-22(27)28/h1,3-6,8-9,19-20,25H,2,7,10-17H2,(H,27,28)/b6-1-. The van der Waals surface area contributed by atoms with E-state index in [0.29, 0.717) is 32.4 Å². The number of hydrogen-bond donors (Lipinski definition) is 2. The van der Waals surface area contributed by atoms with E-state index in [1.54, 1.807) is 0 Å². The van der Waals surface area contributed by atoms with Crippen molar-refractivity contribution in [2.75, 3.05) is 13.1 Å². The van der Waals surface area contributed by atoms with Crippen molar-refractivity contribution in [2.45, 2.75) is 68.9 Å². The Kier molecular flexibility index (Phi) is 7.03. The number of aliphatic hydroxyl groups is 1. The van der Waals surface area contributed by atoms with Crippen LogP contribution in [0, 0.1) is 0 Å². The van der Waals surface area contributed by atoms with Crippen LogP contribution in [-0.2, 0) is 15.0 Å². The second kappa shape index (κ2) is 9.48. The minimum atomic E-state index is -0.775. The van der Waals surface area contributed by atoms with Crippen LogP contribution in [0.1, 0.15) is 56.9 Å². The molecule has 5 nitrogen and oxygen atoms in total. The van der Waals surface area contributed by atoms with Crippen LogP contribution in [0.3, 0.4) is 0 Å². The van der Waals surface area contributed by atoms with Gasteiger partial charge < -0.3 is 10.2 Å². The van der Waals surface area contributed by atoms with Crippen molar-refractivity contribution in [1.82, 2.24) is 4.90 Å². The van der Waals surface area contributed by atoms with E-state index in [4.69, 9.17) is 5.11 Å². The molecular formula is C23H31NO4. The molecule has 1 aliphatic carbocycles. The third-order valence-electron chi connectivity index (χ3n) is 6.06. The molecule has 1 saturated heterocycles. The van der Waals surface area contributed by atoms with Gasteiger partial charge in [-0.1, -0.05) is 42.5 Å². The fourth-order valence-electron chi connectivity index (χ4n) is 4.33. The third-order valence-corrected chi connectivity index (χ3v) is 6.06. The smallest absolute Gasteiger partial charge is 0.303 e. The lowest BCUT2D eigenvalue weighted by Crippen LogP contribution is -2.39. The van der Waals surface area contributed by atoms with Crippen molar-refractivity contribution in [3.8, 4) is 0 Å². The number of nitrogens with zero attached hydrogens (tertiary/aromatic N) is 1. The van der Waals surface area contributed by atoms with Crippen LogP contribution in [0.4, 0.5) is 0 Å². The Morgan fingerprint density at radius 2 is 2.00 bits per heavy atom. The van der Waals surface area contributed by atoms with Crippen molar-refractivity contribution in [2.24, 2.45) is 0 Å². The highest BCUT2D eigenvalue weighted by molar-refractivity contribution is 5.86. The molecule has 152 valence electrons. The van der Waals surface area contributed by atoms with Gasteiger partial charge in [-0.25, -0.2) is 0 Å². The molecular weight excluding hydrogens is 354 g/mol. The quantitative estimate of drug-likeness (QED) is 0.451. The average Bonchev–Trinajstić information content (AvgIpc) is 3.37. The fourth-order valence-corrected chi connectivity index (χ4v) is 4.33. The Morgan fingerprint density at radius 1 is 1.25 bits per heavy atom. The van der Waals surface area contributed by atoms with E-state index in [9.17, 15) is 14.7 Å². The van der Waals surface area contributed by atoms with Crippen LogP contribution in [-0.4, -0.2) is 52.1 Å². The Morgan fingerprint density at radius 3 is 2.68 bits per heavy atom. The number of ketones is 1. The van der Waals surface area contributed by atoms with Gasteiger partial charge in [-0.3, -0.25) is 14.5 Å². The maximum absolute atomic E-state index is 12.3. The highest BCUT2D eigenvalue weighted by Gasteiger charge is 2.46. The number of benzene rings is 1. The predicted molar refractivity (Wildman–Crippen MR) is 108 cm³/mol. The van der Waals surface area contributed by atoms with Gasteiger partial charge in [0.2, 0.25) is 0 Å². The van der Waals surface area contributed by atoms with Crippen molar-refractivity contribution in [1.29, 1.82) is 0 Å². The van der Waals surface area contributed by atoms with Gasteiger partial charge in [0.15, 0.2) is 5.78 Å². The lowest BCUT2D eigenvalue weighted by Gasteiger charge is -2.27. The summed E-state index contributed by atoms with van der Waals surface area (Å²) in [7, 11) is 0. The van der Waals surface area contributed by atoms with Gasteiger partial charge in [-0.15, -0.1) is 0 Å². The number of likely N-dealkylation sites (tertiary alicyclic amines) is 1. The molecule has 0 aromatic heterocycles. The predicted octanol–water partition coefficient (Wildman–Crippen LogP) is 3.31.